The fourth-order valence-corrected chi connectivity index (χ4v) is 3.33. The van der Waals surface area contributed by atoms with Gasteiger partial charge in [0, 0.05) is 12.6 Å². The molecular formula is C12H20N6O. The molecule has 1 aromatic rings. The molecule has 2 fully saturated rings. The number of anilines is 2. The molecular weight excluding hydrogens is 244 g/mol. The first-order valence-electron chi connectivity index (χ1n) is 6.85. The minimum Gasteiger partial charge on any atom is -0.467 e. The van der Waals surface area contributed by atoms with Crippen LogP contribution in [0.3, 0.4) is 0 Å². The Hall–Kier alpha value is -1.63. The number of nitrogen functional groups attached to an aromatic ring is 1. The van der Waals surface area contributed by atoms with Gasteiger partial charge in [0.2, 0.25) is 11.9 Å². The van der Waals surface area contributed by atoms with Crippen LogP contribution in [0.15, 0.2) is 0 Å². The van der Waals surface area contributed by atoms with Gasteiger partial charge in [-0.05, 0) is 31.6 Å². The minimum absolute atomic E-state index is 0.304. The zero-order chi connectivity index (χ0) is 13.2. The molecule has 0 radical (unpaired) electrons. The fourth-order valence-electron chi connectivity index (χ4n) is 3.33. The summed E-state index contributed by atoms with van der Waals surface area (Å²) in [7, 11) is 1.55. The Labute approximate surface area is 112 Å². The summed E-state index contributed by atoms with van der Waals surface area (Å²) in [6, 6.07) is 0.865. The summed E-state index contributed by atoms with van der Waals surface area (Å²) in [5.74, 6) is 7.21. The molecule has 0 amide bonds. The topological polar surface area (TPSA) is 89.2 Å². The Kier molecular flexibility index (Phi) is 3.37. The van der Waals surface area contributed by atoms with Crippen LogP contribution in [0, 0.1) is 5.92 Å². The van der Waals surface area contributed by atoms with Gasteiger partial charge in [-0.25, -0.2) is 5.84 Å². The molecule has 2 heterocycles. The Balaban J connectivity index is 1.91. The summed E-state index contributed by atoms with van der Waals surface area (Å²) in [6.07, 6.45) is 6.37. The first-order chi connectivity index (χ1) is 9.31. The number of piperidine rings is 1. The van der Waals surface area contributed by atoms with Gasteiger partial charge < -0.3 is 9.64 Å². The van der Waals surface area contributed by atoms with E-state index in [2.05, 4.69) is 25.3 Å². The molecule has 1 aliphatic heterocycles. The Bertz CT molecular complexity index is 432. The van der Waals surface area contributed by atoms with E-state index < -0.39 is 0 Å². The SMILES string of the molecule is COc1nc(NN)nc(N2CCCC3CCCC32)n1. The number of nitrogens with one attached hydrogen (secondary N) is 1. The standard InChI is InChI=1S/C12H20N6O/c1-19-12-15-10(17-13)14-11(16-12)18-7-3-5-8-4-2-6-9(8)18/h8-9H,2-7,13H2,1H3,(H,14,15,16,17). The average Bonchev–Trinajstić information content (AvgIpc) is 2.94. The maximum Gasteiger partial charge on any atom is 0.322 e. The molecule has 2 atom stereocenters. The molecule has 3 rings (SSSR count). The van der Waals surface area contributed by atoms with Gasteiger partial charge in [0.1, 0.15) is 0 Å². The number of hydrogen-bond donors (Lipinski definition) is 2. The van der Waals surface area contributed by atoms with Crippen molar-refractivity contribution < 1.29 is 4.74 Å². The third-order valence-electron chi connectivity index (χ3n) is 4.16. The number of methoxy groups -OCH3 is 1. The first-order valence-corrected chi connectivity index (χ1v) is 6.85. The highest BCUT2D eigenvalue weighted by Gasteiger charge is 2.36. The van der Waals surface area contributed by atoms with E-state index in [1.807, 2.05) is 0 Å². The largest absolute Gasteiger partial charge is 0.467 e. The van der Waals surface area contributed by atoms with Crippen molar-refractivity contribution in [2.75, 3.05) is 24.0 Å². The van der Waals surface area contributed by atoms with E-state index in [-0.39, 0.29) is 0 Å². The maximum absolute atomic E-state index is 5.40. The lowest BCUT2D eigenvalue weighted by molar-refractivity contribution is 0.351. The van der Waals surface area contributed by atoms with Crippen LogP contribution < -0.4 is 20.9 Å². The van der Waals surface area contributed by atoms with Crippen molar-refractivity contribution in [1.29, 1.82) is 0 Å². The third-order valence-corrected chi connectivity index (χ3v) is 4.16. The highest BCUT2D eigenvalue weighted by molar-refractivity contribution is 5.40. The molecule has 1 aliphatic carbocycles. The van der Waals surface area contributed by atoms with E-state index in [1.54, 1.807) is 7.11 Å². The number of nitrogens with two attached hydrogens (primary N) is 1. The number of hydrogen-bond acceptors (Lipinski definition) is 7. The lowest BCUT2D eigenvalue weighted by Crippen LogP contribution is -2.43. The molecule has 0 bridgehead atoms. The van der Waals surface area contributed by atoms with Crippen LogP contribution in [0.5, 0.6) is 6.01 Å². The molecule has 2 aliphatic rings. The summed E-state index contributed by atoms with van der Waals surface area (Å²) in [6.45, 7) is 0.998. The second kappa shape index (κ2) is 5.16. The summed E-state index contributed by atoms with van der Waals surface area (Å²) < 4.78 is 5.12. The van der Waals surface area contributed by atoms with Crippen molar-refractivity contribution in [1.82, 2.24) is 15.0 Å². The third kappa shape index (κ3) is 2.30. The fraction of sp³-hybridized carbons (Fsp3) is 0.750. The van der Waals surface area contributed by atoms with Crippen LogP contribution in [0.2, 0.25) is 0 Å². The molecule has 3 N–H and O–H groups in total. The molecule has 2 unspecified atom stereocenters. The van der Waals surface area contributed by atoms with Gasteiger partial charge in [0.15, 0.2) is 0 Å². The number of rotatable bonds is 3. The lowest BCUT2D eigenvalue weighted by Gasteiger charge is -2.37. The van der Waals surface area contributed by atoms with Gasteiger partial charge in [0.25, 0.3) is 0 Å². The first kappa shape index (κ1) is 12.4. The van der Waals surface area contributed by atoms with Gasteiger partial charge in [-0.1, -0.05) is 6.42 Å². The molecule has 1 saturated carbocycles. The molecule has 7 heteroatoms. The summed E-state index contributed by atoms with van der Waals surface area (Å²) in [4.78, 5) is 15.1. The molecule has 1 aromatic heterocycles. The maximum atomic E-state index is 5.40. The zero-order valence-electron chi connectivity index (χ0n) is 11.2. The number of hydrazine groups is 1. The van der Waals surface area contributed by atoms with E-state index >= 15 is 0 Å². The molecule has 1 saturated heterocycles. The molecule has 104 valence electrons. The van der Waals surface area contributed by atoms with Crippen molar-refractivity contribution >= 4 is 11.9 Å². The predicted molar refractivity (Wildman–Crippen MR) is 71.9 cm³/mol. The summed E-state index contributed by atoms with van der Waals surface area (Å²) >= 11 is 0. The van der Waals surface area contributed by atoms with Gasteiger partial charge in [0.05, 0.1) is 7.11 Å². The van der Waals surface area contributed by atoms with Gasteiger partial charge in [-0.15, -0.1) is 0 Å². The highest BCUT2D eigenvalue weighted by atomic mass is 16.5. The van der Waals surface area contributed by atoms with Crippen LogP contribution in [0.4, 0.5) is 11.9 Å². The summed E-state index contributed by atoms with van der Waals surface area (Å²) in [5.41, 5.74) is 2.47. The lowest BCUT2D eigenvalue weighted by atomic mass is 9.92. The van der Waals surface area contributed by atoms with Crippen molar-refractivity contribution in [2.45, 2.75) is 38.1 Å². The van der Waals surface area contributed by atoms with Gasteiger partial charge >= 0.3 is 6.01 Å². The van der Waals surface area contributed by atoms with E-state index in [1.165, 1.54) is 32.1 Å². The summed E-state index contributed by atoms with van der Waals surface area (Å²) in [5, 5.41) is 0. The van der Waals surface area contributed by atoms with E-state index in [0.29, 0.717) is 23.9 Å². The van der Waals surface area contributed by atoms with Crippen LogP contribution >= 0.6 is 0 Å². The Morgan fingerprint density at radius 2 is 2.05 bits per heavy atom. The van der Waals surface area contributed by atoms with Crippen LogP contribution in [-0.4, -0.2) is 34.6 Å². The second-order valence-corrected chi connectivity index (χ2v) is 5.18. The van der Waals surface area contributed by atoms with Gasteiger partial charge in [-0.2, -0.15) is 15.0 Å². The highest BCUT2D eigenvalue weighted by Crippen LogP contribution is 2.38. The van der Waals surface area contributed by atoms with E-state index in [9.17, 15) is 0 Å². The number of nitrogens with zero attached hydrogens (tertiary/aromatic N) is 4. The Morgan fingerprint density at radius 1 is 1.21 bits per heavy atom. The predicted octanol–water partition coefficient (Wildman–Crippen LogP) is 0.935. The van der Waals surface area contributed by atoms with Crippen molar-refractivity contribution in [2.24, 2.45) is 11.8 Å². The molecule has 7 nitrogen and oxygen atoms in total. The van der Waals surface area contributed by atoms with Crippen LogP contribution in [0.1, 0.15) is 32.1 Å². The second-order valence-electron chi connectivity index (χ2n) is 5.18. The quantitative estimate of drug-likeness (QED) is 0.620. The van der Waals surface area contributed by atoms with E-state index in [0.717, 1.165) is 12.5 Å². The minimum atomic E-state index is 0.304. The zero-order valence-corrected chi connectivity index (χ0v) is 11.2. The Morgan fingerprint density at radius 3 is 2.84 bits per heavy atom. The monoisotopic (exact) mass is 264 g/mol. The number of fused-ring (bicyclic) bond motifs is 1. The smallest absolute Gasteiger partial charge is 0.322 e. The molecule has 0 aromatic carbocycles. The number of ether oxygens (including phenoxy) is 1. The van der Waals surface area contributed by atoms with E-state index in [4.69, 9.17) is 10.6 Å². The molecule has 0 spiro atoms. The van der Waals surface area contributed by atoms with Crippen LogP contribution in [-0.2, 0) is 0 Å². The van der Waals surface area contributed by atoms with Crippen LogP contribution in [0.25, 0.3) is 0 Å². The number of aromatic nitrogens is 3. The molecule has 19 heavy (non-hydrogen) atoms. The van der Waals surface area contributed by atoms with Crippen molar-refractivity contribution in [3.05, 3.63) is 0 Å². The van der Waals surface area contributed by atoms with Gasteiger partial charge in [-0.3, -0.25) is 5.43 Å². The van der Waals surface area contributed by atoms with Crippen molar-refractivity contribution in [3.63, 3.8) is 0 Å². The average molecular weight is 264 g/mol. The normalized spacial score (nSPS) is 26.1. The van der Waals surface area contributed by atoms with Crippen molar-refractivity contribution in [3.8, 4) is 6.01 Å².